The van der Waals surface area contributed by atoms with Crippen LogP contribution in [0.1, 0.15) is 51.6 Å². The second kappa shape index (κ2) is 8.05. The van der Waals surface area contributed by atoms with E-state index in [4.69, 9.17) is 5.73 Å². The average molecular weight is 276 g/mol. The molecule has 0 aromatic heterocycles. The highest BCUT2D eigenvalue weighted by atomic mass is 16.2. The fourth-order valence-electron chi connectivity index (χ4n) is 2.41. The average Bonchev–Trinajstić information content (AvgIpc) is 2.43. The van der Waals surface area contributed by atoms with Gasteiger partial charge in [-0.1, -0.05) is 44.2 Å². The van der Waals surface area contributed by atoms with Crippen molar-refractivity contribution in [3.05, 3.63) is 35.9 Å². The second-order valence-electron chi connectivity index (χ2n) is 6.04. The van der Waals surface area contributed by atoms with Crippen molar-refractivity contribution in [2.75, 3.05) is 7.05 Å². The van der Waals surface area contributed by atoms with Gasteiger partial charge in [0.2, 0.25) is 5.91 Å². The Balaban J connectivity index is 2.43. The third-order valence-corrected chi connectivity index (χ3v) is 3.76. The van der Waals surface area contributed by atoms with Crippen LogP contribution in [0.2, 0.25) is 0 Å². The van der Waals surface area contributed by atoms with Gasteiger partial charge in [-0.15, -0.1) is 0 Å². The quantitative estimate of drug-likeness (QED) is 0.830. The Morgan fingerprint density at radius 1 is 1.20 bits per heavy atom. The molecule has 1 aromatic carbocycles. The Morgan fingerprint density at radius 3 is 2.35 bits per heavy atom. The molecule has 0 aliphatic rings. The summed E-state index contributed by atoms with van der Waals surface area (Å²) in [7, 11) is 1.89. The van der Waals surface area contributed by atoms with Gasteiger partial charge in [-0.25, -0.2) is 0 Å². The molecule has 1 aromatic rings. The van der Waals surface area contributed by atoms with Gasteiger partial charge in [-0.2, -0.15) is 0 Å². The molecule has 0 aliphatic carbocycles. The zero-order valence-corrected chi connectivity index (χ0v) is 13.2. The Hall–Kier alpha value is -1.35. The van der Waals surface area contributed by atoms with Crippen LogP contribution in [0.5, 0.6) is 0 Å². The van der Waals surface area contributed by atoms with Gasteiger partial charge in [-0.05, 0) is 31.2 Å². The van der Waals surface area contributed by atoms with Crippen LogP contribution >= 0.6 is 0 Å². The van der Waals surface area contributed by atoms with Crippen LogP contribution in [0.3, 0.4) is 0 Å². The Bertz CT molecular complexity index is 403. The van der Waals surface area contributed by atoms with Crippen molar-refractivity contribution in [2.45, 2.75) is 52.1 Å². The smallest absolute Gasteiger partial charge is 0.222 e. The molecule has 0 aliphatic heterocycles. The predicted octanol–water partition coefficient (Wildman–Crippen LogP) is 3.36. The van der Waals surface area contributed by atoms with E-state index >= 15 is 0 Å². The monoisotopic (exact) mass is 276 g/mol. The van der Waals surface area contributed by atoms with Crippen LogP contribution in [-0.2, 0) is 4.79 Å². The zero-order chi connectivity index (χ0) is 15.1. The van der Waals surface area contributed by atoms with E-state index in [0.717, 1.165) is 12.0 Å². The van der Waals surface area contributed by atoms with Crippen molar-refractivity contribution < 1.29 is 4.79 Å². The van der Waals surface area contributed by atoms with Gasteiger partial charge in [0.1, 0.15) is 0 Å². The summed E-state index contributed by atoms with van der Waals surface area (Å²) in [6, 6.07) is 10.2. The van der Waals surface area contributed by atoms with Crippen LogP contribution < -0.4 is 5.73 Å². The van der Waals surface area contributed by atoms with Crippen LogP contribution in [-0.4, -0.2) is 23.9 Å². The van der Waals surface area contributed by atoms with Crippen molar-refractivity contribution in [2.24, 2.45) is 11.7 Å². The Labute approximate surface area is 123 Å². The van der Waals surface area contributed by atoms with Gasteiger partial charge in [0.05, 0.1) is 0 Å². The van der Waals surface area contributed by atoms with Crippen LogP contribution in [0.15, 0.2) is 30.3 Å². The molecule has 3 heteroatoms. The summed E-state index contributed by atoms with van der Waals surface area (Å²) in [5, 5.41) is 0. The topological polar surface area (TPSA) is 46.3 Å². The van der Waals surface area contributed by atoms with E-state index in [1.54, 1.807) is 0 Å². The molecular formula is C17H28N2O. The van der Waals surface area contributed by atoms with E-state index in [0.29, 0.717) is 18.8 Å². The lowest BCUT2D eigenvalue weighted by Crippen LogP contribution is -2.36. The summed E-state index contributed by atoms with van der Waals surface area (Å²) in [6.07, 6.45) is 2.24. The lowest BCUT2D eigenvalue weighted by molar-refractivity contribution is -0.132. The van der Waals surface area contributed by atoms with E-state index in [-0.39, 0.29) is 18.0 Å². The standard InChI is InChI=1S/C17H28N2O/c1-13(2)12-14(3)19(4)17(20)11-10-16(18)15-8-6-5-7-9-15/h5-9,13-14,16H,10-12,18H2,1-4H3. The molecule has 1 rings (SSSR count). The molecule has 0 heterocycles. The molecular weight excluding hydrogens is 248 g/mol. The van der Waals surface area contributed by atoms with Crippen LogP contribution in [0.4, 0.5) is 0 Å². The highest BCUT2D eigenvalue weighted by molar-refractivity contribution is 5.76. The third-order valence-electron chi connectivity index (χ3n) is 3.76. The molecule has 112 valence electrons. The normalized spacial score (nSPS) is 14.1. The van der Waals surface area contributed by atoms with E-state index in [1.807, 2.05) is 42.3 Å². The van der Waals surface area contributed by atoms with Crippen molar-refractivity contribution >= 4 is 5.91 Å². The number of carbonyl (C=O) groups is 1. The van der Waals surface area contributed by atoms with Crippen LogP contribution in [0, 0.1) is 5.92 Å². The second-order valence-corrected chi connectivity index (χ2v) is 6.04. The van der Waals surface area contributed by atoms with Gasteiger partial charge in [0.15, 0.2) is 0 Å². The highest BCUT2D eigenvalue weighted by Crippen LogP contribution is 2.17. The van der Waals surface area contributed by atoms with Crippen molar-refractivity contribution in [3.8, 4) is 0 Å². The first-order valence-corrected chi connectivity index (χ1v) is 7.48. The maximum absolute atomic E-state index is 12.2. The lowest BCUT2D eigenvalue weighted by Gasteiger charge is -2.27. The molecule has 0 saturated heterocycles. The summed E-state index contributed by atoms with van der Waals surface area (Å²) < 4.78 is 0. The summed E-state index contributed by atoms with van der Waals surface area (Å²) in [5.41, 5.74) is 7.23. The van der Waals surface area contributed by atoms with Crippen molar-refractivity contribution in [1.82, 2.24) is 4.90 Å². The van der Waals surface area contributed by atoms with E-state index in [2.05, 4.69) is 20.8 Å². The van der Waals surface area contributed by atoms with Gasteiger partial charge in [0.25, 0.3) is 0 Å². The van der Waals surface area contributed by atoms with Gasteiger partial charge in [0, 0.05) is 25.6 Å². The molecule has 20 heavy (non-hydrogen) atoms. The first-order valence-electron chi connectivity index (χ1n) is 7.48. The number of amides is 1. The largest absolute Gasteiger partial charge is 0.343 e. The summed E-state index contributed by atoms with van der Waals surface area (Å²) >= 11 is 0. The van der Waals surface area contributed by atoms with Crippen LogP contribution in [0.25, 0.3) is 0 Å². The minimum Gasteiger partial charge on any atom is -0.343 e. The molecule has 0 radical (unpaired) electrons. The molecule has 0 saturated carbocycles. The molecule has 2 N–H and O–H groups in total. The molecule has 2 unspecified atom stereocenters. The molecule has 2 atom stereocenters. The summed E-state index contributed by atoms with van der Waals surface area (Å²) in [6.45, 7) is 6.47. The maximum atomic E-state index is 12.2. The minimum atomic E-state index is -0.0612. The Morgan fingerprint density at radius 2 is 1.80 bits per heavy atom. The Kier molecular flexibility index (Phi) is 6.73. The highest BCUT2D eigenvalue weighted by Gasteiger charge is 2.17. The predicted molar refractivity (Wildman–Crippen MR) is 84.3 cm³/mol. The zero-order valence-electron chi connectivity index (χ0n) is 13.2. The number of rotatable bonds is 7. The van der Waals surface area contributed by atoms with E-state index in [1.165, 1.54) is 0 Å². The molecule has 0 bridgehead atoms. The summed E-state index contributed by atoms with van der Waals surface area (Å²) in [5.74, 6) is 0.788. The van der Waals surface area contributed by atoms with Crippen molar-refractivity contribution in [1.29, 1.82) is 0 Å². The number of carbonyl (C=O) groups excluding carboxylic acids is 1. The number of hydrogen-bond acceptors (Lipinski definition) is 2. The van der Waals surface area contributed by atoms with E-state index < -0.39 is 0 Å². The molecule has 0 fully saturated rings. The fraction of sp³-hybridized carbons (Fsp3) is 0.588. The maximum Gasteiger partial charge on any atom is 0.222 e. The number of hydrogen-bond donors (Lipinski definition) is 1. The van der Waals surface area contributed by atoms with Crippen molar-refractivity contribution in [3.63, 3.8) is 0 Å². The van der Waals surface area contributed by atoms with Gasteiger partial charge >= 0.3 is 0 Å². The van der Waals surface area contributed by atoms with Gasteiger partial charge < -0.3 is 10.6 Å². The molecule has 0 spiro atoms. The minimum absolute atomic E-state index is 0.0612. The molecule has 1 amide bonds. The first kappa shape index (κ1) is 16.7. The summed E-state index contributed by atoms with van der Waals surface area (Å²) in [4.78, 5) is 14.0. The number of benzene rings is 1. The lowest BCUT2D eigenvalue weighted by atomic mass is 10.0. The van der Waals surface area contributed by atoms with Gasteiger partial charge in [-0.3, -0.25) is 4.79 Å². The number of nitrogens with two attached hydrogens (primary N) is 1. The third kappa shape index (κ3) is 5.33. The first-order chi connectivity index (χ1) is 9.41. The number of nitrogens with zero attached hydrogens (tertiary/aromatic N) is 1. The fourth-order valence-corrected chi connectivity index (χ4v) is 2.41. The molecule has 3 nitrogen and oxygen atoms in total. The SMILES string of the molecule is CC(C)CC(C)N(C)C(=O)CCC(N)c1ccccc1. The van der Waals surface area contributed by atoms with E-state index in [9.17, 15) is 4.79 Å².